The predicted octanol–water partition coefficient (Wildman–Crippen LogP) is 8.93. The van der Waals surface area contributed by atoms with Crippen LogP contribution in [0.5, 0.6) is 0 Å². The van der Waals surface area contributed by atoms with Gasteiger partial charge in [-0.05, 0) is 83.5 Å². The molecule has 0 saturated heterocycles. The van der Waals surface area contributed by atoms with Crippen molar-refractivity contribution in [2.45, 2.75) is 206 Å². The molecule has 0 aliphatic rings. The Labute approximate surface area is 303 Å². The van der Waals surface area contributed by atoms with Gasteiger partial charge in [0, 0.05) is 6.42 Å². The number of allylic oxidation sites excluding steroid dienone is 4. The van der Waals surface area contributed by atoms with Crippen LogP contribution in [0.2, 0.25) is 0 Å². The lowest BCUT2D eigenvalue weighted by atomic mass is 10.0. The molecule has 0 saturated carbocycles. The van der Waals surface area contributed by atoms with E-state index in [2.05, 4.69) is 59.8 Å². The minimum atomic E-state index is -0.0366. The molecule has 1 atom stereocenters. The summed E-state index contributed by atoms with van der Waals surface area (Å²) in [6, 6.07) is 0.405. The van der Waals surface area contributed by atoms with Crippen molar-refractivity contribution in [2.24, 2.45) is 0 Å². The maximum Gasteiger partial charge on any atom is 0.305 e. The van der Waals surface area contributed by atoms with Crippen LogP contribution in [0.25, 0.3) is 0 Å². The summed E-state index contributed by atoms with van der Waals surface area (Å²) >= 11 is 0. The van der Waals surface area contributed by atoms with E-state index in [1.165, 1.54) is 141 Å². The average molecular weight is 694 g/mol. The Morgan fingerprint density at radius 2 is 1.12 bits per heavy atom. The van der Waals surface area contributed by atoms with Gasteiger partial charge in [0.25, 0.3) is 0 Å². The second-order valence-electron chi connectivity index (χ2n) is 13.8. The van der Waals surface area contributed by atoms with Crippen LogP contribution in [0.4, 0.5) is 0 Å². The SMILES string of the molecule is CCCCCCCC/C=C\CCCCCCCC(=O)OCCCC(CCCCC/C=C\CCCCCCCC)[n+]1ccn(CCO)c1.[Cl-]. The van der Waals surface area contributed by atoms with E-state index in [4.69, 9.17) is 4.74 Å². The van der Waals surface area contributed by atoms with Gasteiger partial charge in [0.15, 0.2) is 0 Å². The molecule has 1 heterocycles. The summed E-state index contributed by atoms with van der Waals surface area (Å²) in [5, 5.41) is 9.33. The van der Waals surface area contributed by atoms with Crippen molar-refractivity contribution < 1.29 is 31.6 Å². The molecule has 6 heteroatoms. The van der Waals surface area contributed by atoms with Crippen LogP contribution in [0.1, 0.15) is 200 Å². The Morgan fingerprint density at radius 3 is 1.65 bits per heavy atom. The third kappa shape index (κ3) is 29.3. The number of imidazole rings is 1. The van der Waals surface area contributed by atoms with Gasteiger partial charge in [0.2, 0.25) is 6.33 Å². The number of ether oxygens (including phenoxy) is 1. The second-order valence-corrected chi connectivity index (χ2v) is 13.8. The van der Waals surface area contributed by atoms with E-state index in [1.54, 1.807) is 0 Å². The highest BCUT2D eigenvalue weighted by atomic mass is 35.5. The van der Waals surface area contributed by atoms with E-state index in [9.17, 15) is 9.90 Å². The molecule has 5 nitrogen and oxygen atoms in total. The predicted molar refractivity (Wildman–Crippen MR) is 201 cm³/mol. The Hall–Kier alpha value is -1.59. The van der Waals surface area contributed by atoms with E-state index < -0.39 is 0 Å². The topological polar surface area (TPSA) is 55.3 Å². The number of esters is 1. The lowest BCUT2D eigenvalue weighted by Gasteiger charge is -2.14. The fourth-order valence-electron chi connectivity index (χ4n) is 6.33. The molecule has 0 aromatic carbocycles. The monoisotopic (exact) mass is 693 g/mol. The van der Waals surface area contributed by atoms with Crippen LogP contribution < -0.4 is 17.0 Å². The van der Waals surface area contributed by atoms with Gasteiger partial charge in [0.1, 0.15) is 25.0 Å². The molecule has 0 aliphatic carbocycles. The lowest BCUT2D eigenvalue weighted by molar-refractivity contribution is -0.724. The highest BCUT2D eigenvalue weighted by molar-refractivity contribution is 5.69. The first kappa shape index (κ1) is 46.4. The molecular formula is C42H77ClN2O3. The molecule has 48 heavy (non-hydrogen) atoms. The number of carbonyl (C=O) groups excluding carboxylic acids is 1. The highest BCUT2D eigenvalue weighted by Crippen LogP contribution is 2.18. The zero-order valence-electron chi connectivity index (χ0n) is 31.6. The Morgan fingerprint density at radius 1 is 0.667 bits per heavy atom. The van der Waals surface area contributed by atoms with E-state index in [0.29, 0.717) is 25.6 Å². The van der Waals surface area contributed by atoms with Crippen molar-refractivity contribution in [1.82, 2.24) is 4.57 Å². The summed E-state index contributed by atoms with van der Waals surface area (Å²) in [4.78, 5) is 12.3. The zero-order chi connectivity index (χ0) is 33.9. The van der Waals surface area contributed by atoms with Crippen molar-refractivity contribution in [2.75, 3.05) is 13.2 Å². The average Bonchev–Trinajstić information content (AvgIpc) is 3.54. The minimum absolute atomic E-state index is 0. The molecule has 1 rings (SSSR count). The summed E-state index contributed by atoms with van der Waals surface area (Å²) in [5.74, 6) is -0.0366. The molecule has 1 aromatic heterocycles. The molecule has 0 fully saturated rings. The van der Waals surface area contributed by atoms with E-state index in [-0.39, 0.29) is 25.0 Å². The van der Waals surface area contributed by atoms with Crippen molar-refractivity contribution >= 4 is 5.97 Å². The summed E-state index contributed by atoms with van der Waals surface area (Å²) in [5.41, 5.74) is 0. The van der Waals surface area contributed by atoms with Gasteiger partial charge in [-0.2, -0.15) is 0 Å². The van der Waals surface area contributed by atoms with Gasteiger partial charge in [0.05, 0.1) is 13.2 Å². The van der Waals surface area contributed by atoms with E-state index in [0.717, 1.165) is 32.1 Å². The van der Waals surface area contributed by atoms with Crippen LogP contribution in [0, 0.1) is 0 Å². The number of aliphatic hydroxyl groups excluding tert-OH is 1. The Kier molecular flexibility index (Phi) is 35.5. The Balaban J connectivity index is 0.0000221. The van der Waals surface area contributed by atoms with Gasteiger partial charge in [-0.25, -0.2) is 9.13 Å². The first-order chi connectivity index (χ1) is 23.2. The van der Waals surface area contributed by atoms with Crippen molar-refractivity contribution in [3.05, 3.63) is 43.0 Å². The third-order valence-electron chi connectivity index (χ3n) is 9.38. The number of nitrogens with zero attached hydrogens (tertiary/aromatic N) is 2. The number of rotatable bonds is 35. The van der Waals surface area contributed by atoms with Crippen molar-refractivity contribution in [3.8, 4) is 0 Å². The molecule has 0 bridgehead atoms. The maximum absolute atomic E-state index is 12.3. The maximum atomic E-state index is 12.3. The lowest BCUT2D eigenvalue weighted by Crippen LogP contribution is -3.00. The molecule has 280 valence electrons. The molecular weight excluding hydrogens is 616 g/mol. The summed E-state index contributed by atoms with van der Waals surface area (Å²) in [6.07, 6.45) is 50.2. The molecule has 0 spiro atoms. The second kappa shape index (κ2) is 36.7. The molecule has 1 N–H and O–H groups in total. The number of hydrogen-bond acceptors (Lipinski definition) is 3. The quantitative estimate of drug-likeness (QED) is 0.0335. The summed E-state index contributed by atoms with van der Waals surface area (Å²) in [7, 11) is 0. The van der Waals surface area contributed by atoms with Crippen LogP contribution in [-0.2, 0) is 16.1 Å². The largest absolute Gasteiger partial charge is 1.00 e. The first-order valence-electron chi connectivity index (χ1n) is 20.3. The number of carbonyl (C=O) groups is 1. The normalized spacial score (nSPS) is 12.2. The van der Waals surface area contributed by atoms with Crippen LogP contribution in [0.3, 0.4) is 0 Å². The van der Waals surface area contributed by atoms with Gasteiger partial charge < -0.3 is 22.3 Å². The fourth-order valence-corrected chi connectivity index (χ4v) is 6.33. The molecule has 1 aromatic rings. The fraction of sp³-hybridized carbons (Fsp3) is 0.810. The van der Waals surface area contributed by atoms with Gasteiger partial charge in [-0.15, -0.1) is 0 Å². The number of unbranched alkanes of at least 4 members (excludes halogenated alkanes) is 20. The molecule has 1 unspecified atom stereocenters. The van der Waals surface area contributed by atoms with Gasteiger partial charge in [-0.1, -0.05) is 128 Å². The molecule has 0 aliphatic heterocycles. The van der Waals surface area contributed by atoms with Crippen molar-refractivity contribution in [1.29, 1.82) is 0 Å². The minimum Gasteiger partial charge on any atom is -1.00 e. The zero-order valence-corrected chi connectivity index (χ0v) is 32.3. The standard InChI is InChI=1S/C42H77N2O3.ClH/c1-3-5-7-9-11-13-15-17-18-20-22-24-26-28-30-34-42(46)47-39-31-33-41(44-36-35-43(40-44)37-38-45)32-29-27-25-23-21-19-16-14-12-10-8-6-4-2;/h17-19,21,35-36,40-41,45H,3-16,20,22-34,37-39H2,1-2H3;1H/q+1;/p-1/b18-17-,21-19-;. The van der Waals surface area contributed by atoms with E-state index in [1.807, 2.05) is 6.20 Å². The van der Waals surface area contributed by atoms with Crippen LogP contribution >= 0.6 is 0 Å². The number of aliphatic hydroxyl groups is 1. The third-order valence-corrected chi connectivity index (χ3v) is 9.38. The Bertz CT molecular complexity index is 869. The highest BCUT2D eigenvalue weighted by Gasteiger charge is 2.17. The number of hydrogen-bond donors (Lipinski definition) is 1. The summed E-state index contributed by atoms with van der Waals surface area (Å²) in [6.45, 7) is 5.84. The van der Waals surface area contributed by atoms with E-state index >= 15 is 0 Å². The first-order valence-corrected chi connectivity index (χ1v) is 20.3. The number of aromatic nitrogens is 2. The van der Waals surface area contributed by atoms with Crippen molar-refractivity contribution in [3.63, 3.8) is 0 Å². The van der Waals surface area contributed by atoms with Crippen LogP contribution in [0.15, 0.2) is 43.0 Å². The number of halogens is 1. The molecule has 0 radical (unpaired) electrons. The molecule has 0 amide bonds. The smallest absolute Gasteiger partial charge is 0.305 e. The van der Waals surface area contributed by atoms with Gasteiger partial charge >= 0.3 is 5.97 Å². The van der Waals surface area contributed by atoms with Gasteiger partial charge in [-0.3, -0.25) is 4.79 Å². The summed E-state index contributed by atoms with van der Waals surface area (Å²) < 4.78 is 9.96. The van der Waals surface area contributed by atoms with Crippen LogP contribution in [-0.4, -0.2) is 28.9 Å².